The summed E-state index contributed by atoms with van der Waals surface area (Å²) in [5, 5.41) is 34.4. The summed E-state index contributed by atoms with van der Waals surface area (Å²) in [7, 11) is 0. The number of hydrogen-bond donors (Lipinski definition) is 2. The van der Waals surface area contributed by atoms with Crippen LogP contribution >= 0.6 is 0 Å². The Labute approximate surface area is 246 Å². The second-order valence-corrected chi connectivity index (χ2v) is 12.4. The highest BCUT2D eigenvalue weighted by atomic mass is 15.5. The highest BCUT2D eigenvalue weighted by Gasteiger charge is 2.26. The van der Waals surface area contributed by atoms with Crippen molar-refractivity contribution >= 4 is 11.5 Å². The minimum atomic E-state index is 0.0336. The number of fused-ring (bicyclic) bond motifs is 1. The van der Waals surface area contributed by atoms with Crippen molar-refractivity contribution in [3.63, 3.8) is 0 Å². The Kier molecular flexibility index (Phi) is 8.01. The van der Waals surface area contributed by atoms with Gasteiger partial charge in [0.1, 0.15) is 6.67 Å². The van der Waals surface area contributed by atoms with Crippen LogP contribution in [0.4, 0.5) is 5.82 Å². The summed E-state index contributed by atoms with van der Waals surface area (Å²) >= 11 is 0. The average Bonchev–Trinajstić information content (AvgIpc) is 3.65. The molecule has 0 aliphatic heterocycles. The number of benzene rings is 1. The Hall–Kier alpha value is -4.12. The van der Waals surface area contributed by atoms with Crippen LogP contribution in [0.5, 0.6) is 0 Å². The molecule has 0 unspecified atom stereocenters. The Morgan fingerprint density at radius 1 is 0.976 bits per heavy atom. The molecule has 1 aliphatic carbocycles. The first-order valence-corrected chi connectivity index (χ1v) is 15.0. The number of nitrogens with zero attached hydrogens (tertiary/aromatic N) is 9. The number of hydrogen-bond acceptors (Lipinski definition) is 8. The van der Waals surface area contributed by atoms with Gasteiger partial charge in [-0.15, -0.1) is 20.4 Å². The number of rotatable bonds is 13. The van der Waals surface area contributed by atoms with Crippen LogP contribution in [0.3, 0.4) is 0 Å². The van der Waals surface area contributed by atoms with Crippen molar-refractivity contribution in [1.29, 1.82) is 0 Å². The van der Waals surface area contributed by atoms with Crippen molar-refractivity contribution in [3.05, 3.63) is 71.3 Å². The second-order valence-electron chi connectivity index (χ2n) is 12.4. The summed E-state index contributed by atoms with van der Waals surface area (Å²) in [6.45, 7) is 11.8. The van der Waals surface area contributed by atoms with Crippen molar-refractivity contribution in [2.24, 2.45) is 5.41 Å². The monoisotopic (exact) mass is 567 g/mol. The van der Waals surface area contributed by atoms with Crippen molar-refractivity contribution < 1.29 is 0 Å². The third-order valence-corrected chi connectivity index (χ3v) is 8.09. The van der Waals surface area contributed by atoms with Crippen molar-refractivity contribution in [1.82, 2.24) is 49.9 Å². The topological polar surface area (TPSA) is 116 Å². The van der Waals surface area contributed by atoms with E-state index in [-0.39, 0.29) is 5.41 Å². The number of anilines is 1. The van der Waals surface area contributed by atoms with E-state index in [1.54, 1.807) is 0 Å². The molecule has 11 nitrogen and oxygen atoms in total. The summed E-state index contributed by atoms with van der Waals surface area (Å²) in [6.07, 6.45) is 7.59. The van der Waals surface area contributed by atoms with E-state index in [1.807, 2.05) is 57.3 Å². The lowest BCUT2D eigenvalue weighted by Crippen LogP contribution is -2.36. The molecular weight excluding hydrogens is 526 g/mol. The zero-order valence-corrected chi connectivity index (χ0v) is 25.1. The normalized spacial score (nSPS) is 14.0. The smallest absolute Gasteiger partial charge is 0.185 e. The molecule has 0 radical (unpaired) electrons. The van der Waals surface area contributed by atoms with Crippen molar-refractivity contribution in [2.75, 3.05) is 25.0 Å². The Bertz CT molecular complexity index is 1630. The first kappa shape index (κ1) is 28.0. The van der Waals surface area contributed by atoms with Gasteiger partial charge < -0.3 is 10.6 Å². The molecular formula is C31H41N11. The van der Waals surface area contributed by atoms with Crippen LogP contribution in [0.15, 0.2) is 48.7 Å². The standard InChI is InChI=1S/C31H41N11/c1-22-16-23(2)41(37-22)21-40-18-26(34-39-40)14-9-15-32-19-31(3,4)20-33-29-27(24-12-8-13-24)17-28-35-36-30(42(28)38-29)25-10-6-5-7-11-25/h5-7,10-11,16-18,24,32H,8-9,12-15,19-21H2,1-4H3,(H,33,38). The summed E-state index contributed by atoms with van der Waals surface area (Å²) in [5.74, 6) is 2.25. The lowest BCUT2D eigenvalue weighted by molar-refractivity contribution is 0.360. The van der Waals surface area contributed by atoms with Gasteiger partial charge in [-0.1, -0.05) is 55.8 Å². The maximum absolute atomic E-state index is 5.03. The average molecular weight is 568 g/mol. The maximum atomic E-state index is 5.03. The van der Waals surface area contributed by atoms with Crippen molar-refractivity contribution in [2.45, 2.75) is 72.4 Å². The van der Waals surface area contributed by atoms with E-state index < -0.39 is 0 Å². The van der Waals surface area contributed by atoms with E-state index in [9.17, 15) is 0 Å². The summed E-state index contributed by atoms with van der Waals surface area (Å²) in [4.78, 5) is 0. The van der Waals surface area contributed by atoms with Crippen LogP contribution in [0, 0.1) is 19.3 Å². The molecule has 4 heterocycles. The highest BCUT2D eigenvalue weighted by Crippen LogP contribution is 2.40. The van der Waals surface area contributed by atoms with Gasteiger partial charge in [-0.2, -0.15) is 9.61 Å². The SMILES string of the molecule is Cc1cc(C)n(Cn2cc(CCCNCC(C)(C)CNc3nn4c(-c5ccccc5)nnc4cc3C3CCC3)nn2)n1. The van der Waals surface area contributed by atoms with E-state index in [2.05, 4.69) is 69.1 Å². The van der Waals surface area contributed by atoms with Gasteiger partial charge in [-0.05, 0) is 69.5 Å². The molecule has 0 spiro atoms. The van der Waals surface area contributed by atoms with Gasteiger partial charge in [0.2, 0.25) is 0 Å². The molecule has 42 heavy (non-hydrogen) atoms. The van der Waals surface area contributed by atoms with E-state index >= 15 is 0 Å². The molecule has 11 heteroatoms. The van der Waals surface area contributed by atoms with Crippen LogP contribution in [0.2, 0.25) is 0 Å². The van der Waals surface area contributed by atoms with Gasteiger partial charge in [-0.25, -0.2) is 9.36 Å². The van der Waals surface area contributed by atoms with E-state index in [0.717, 1.165) is 72.4 Å². The van der Waals surface area contributed by atoms with E-state index in [0.29, 0.717) is 12.6 Å². The minimum Gasteiger partial charge on any atom is -0.368 e. The maximum Gasteiger partial charge on any atom is 0.185 e. The molecule has 0 bridgehead atoms. The molecule has 2 N–H and O–H groups in total. The van der Waals surface area contributed by atoms with Crippen molar-refractivity contribution in [3.8, 4) is 11.4 Å². The fraction of sp³-hybridized carbons (Fsp3) is 0.484. The van der Waals surface area contributed by atoms with Crippen LogP contribution in [-0.2, 0) is 13.1 Å². The number of aromatic nitrogens is 9. The van der Waals surface area contributed by atoms with Gasteiger partial charge in [-0.3, -0.25) is 0 Å². The predicted octanol–water partition coefficient (Wildman–Crippen LogP) is 4.63. The highest BCUT2D eigenvalue weighted by molar-refractivity contribution is 5.61. The minimum absolute atomic E-state index is 0.0336. The first-order chi connectivity index (χ1) is 20.3. The van der Waals surface area contributed by atoms with Crippen LogP contribution in [0.25, 0.3) is 17.0 Å². The molecule has 6 rings (SSSR count). The first-order valence-electron chi connectivity index (χ1n) is 15.0. The third kappa shape index (κ3) is 6.35. The Balaban J connectivity index is 1.02. The quantitative estimate of drug-likeness (QED) is 0.198. The fourth-order valence-corrected chi connectivity index (χ4v) is 5.47. The summed E-state index contributed by atoms with van der Waals surface area (Å²) in [5.41, 5.74) is 6.25. The molecule has 0 amide bonds. The molecule has 1 aliphatic rings. The molecule has 220 valence electrons. The third-order valence-electron chi connectivity index (χ3n) is 8.09. The van der Waals surface area contributed by atoms with Gasteiger partial charge in [0.05, 0.1) is 17.6 Å². The zero-order valence-electron chi connectivity index (χ0n) is 25.1. The number of aryl methyl sites for hydroxylation is 3. The van der Waals surface area contributed by atoms with Crippen LogP contribution in [-0.4, -0.2) is 64.2 Å². The van der Waals surface area contributed by atoms with Gasteiger partial charge >= 0.3 is 0 Å². The molecule has 1 fully saturated rings. The Morgan fingerprint density at radius 2 is 1.81 bits per heavy atom. The zero-order chi connectivity index (χ0) is 29.1. The lowest BCUT2D eigenvalue weighted by Gasteiger charge is -2.30. The molecule has 5 aromatic rings. The number of nitrogens with one attached hydrogen (secondary N) is 2. The molecule has 4 aromatic heterocycles. The second kappa shape index (κ2) is 12.0. The van der Waals surface area contributed by atoms with E-state index in [4.69, 9.17) is 5.10 Å². The van der Waals surface area contributed by atoms with Crippen LogP contribution < -0.4 is 10.6 Å². The molecule has 1 saturated carbocycles. The van der Waals surface area contributed by atoms with Gasteiger partial charge in [0, 0.05) is 29.9 Å². The van der Waals surface area contributed by atoms with Crippen LogP contribution in [0.1, 0.15) is 68.1 Å². The largest absolute Gasteiger partial charge is 0.368 e. The molecule has 1 aromatic carbocycles. The molecule has 0 atom stereocenters. The lowest BCUT2D eigenvalue weighted by atomic mass is 9.80. The molecule has 0 saturated heterocycles. The van der Waals surface area contributed by atoms with Gasteiger partial charge in [0.15, 0.2) is 17.3 Å². The predicted molar refractivity (Wildman–Crippen MR) is 163 cm³/mol. The summed E-state index contributed by atoms with van der Waals surface area (Å²) in [6, 6.07) is 14.4. The van der Waals surface area contributed by atoms with Gasteiger partial charge in [0.25, 0.3) is 0 Å². The Morgan fingerprint density at radius 3 is 2.55 bits per heavy atom. The fourth-order valence-electron chi connectivity index (χ4n) is 5.47. The van der Waals surface area contributed by atoms with E-state index in [1.165, 1.54) is 24.8 Å². The summed E-state index contributed by atoms with van der Waals surface area (Å²) < 4.78 is 5.67.